The summed E-state index contributed by atoms with van der Waals surface area (Å²) < 4.78 is 2.09. The number of thioether (sulfide) groups is 1. The maximum Gasteiger partial charge on any atom is 0.270 e. The molecule has 2 fully saturated rings. The summed E-state index contributed by atoms with van der Waals surface area (Å²) in [6.07, 6.45) is 2.62. The molecule has 0 aromatic carbocycles. The number of nitrogens with zero attached hydrogens (tertiary/aromatic N) is 5. The molecule has 3 rings (SSSR count). The maximum absolute atomic E-state index is 13.1. The van der Waals surface area contributed by atoms with Gasteiger partial charge in [0.1, 0.15) is 21.8 Å². The Balaban J connectivity index is 2.16. The molecule has 3 heterocycles. The van der Waals surface area contributed by atoms with Gasteiger partial charge in [-0.3, -0.25) is 19.1 Å². The Labute approximate surface area is 186 Å². The zero-order valence-corrected chi connectivity index (χ0v) is 19.7. The number of carbonyl (C=O) groups excluding carboxylic acids is 1. The molecule has 0 N–H and O–H groups in total. The van der Waals surface area contributed by atoms with Crippen LogP contribution < -0.4 is 10.5 Å². The lowest BCUT2D eigenvalue weighted by atomic mass is 10.0. The minimum absolute atomic E-state index is 0.0244. The van der Waals surface area contributed by atoms with Gasteiger partial charge in [-0.2, -0.15) is 5.26 Å². The average Bonchev–Trinajstić information content (AvgIpc) is 3.00. The van der Waals surface area contributed by atoms with E-state index < -0.39 is 0 Å². The van der Waals surface area contributed by atoms with Gasteiger partial charge in [0, 0.05) is 44.8 Å². The molecule has 160 valence electrons. The number of carbonyl (C=O) groups is 1. The number of hydrogen-bond donors (Lipinski definition) is 0. The van der Waals surface area contributed by atoms with Crippen molar-refractivity contribution >= 4 is 46.1 Å². The van der Waals surface area contributed by atoms with Gasteiger partial charge in [0.25, 0.3) is 11.5 Å². The Kier molecular flexibility index (Phi) is 6.70. The van der Waals surface area contributed by atoms with Gasteiger partial charge in [-0.1, -0.05) is 30.9 Å². The lowest BCUT2D eigenvalue weighted by molar-refractivity contribution is -0.123. The van der Waals surface area contributed by atoms with Gasteiger partial charge >= 0.3 is 0 Å². The van der Waals surface area contributed by atoms with Crippen LogP contribution in [0.5, 0.6) is 0 Å². The zero-order chi connectivity index (χ0) is 22.2. The smallest absolute Gasteiger partial charge is 0.270 e. The molecule has 0 spiro atoms. The minimum atomic E-state index is -0.312. The normalized spacial score (nSPS) is 20.2. The molecular weight excluding hydrogens is 418 g/mol. The molecule has 30 heavy (non-hydrogen) atoms. The van der Waals surface area contributed by atoms with E-state index in [-0.39, 0.29) is 23.1 Å². The topological polar surface area (TPSA) is 72.6 Å². The first-order valence-corrected chi connectivity index (χ1v) is 11.3. The third kappa shape index (κ3) is 3.92. The summed E-state index contributed by atoms with van der Waals surface area (Å²) in [5, 5.41) is 9.58. The predicted octanol–water partition coefficient (Wildman–Crippen LogP) is 2.32. The number of rotatable bonds is 4. The molecule has 0 bridgehead atoms. The van der Waals surface area contributed by atoms with Gasteiger partial charge in [0.2, 0.25) is 0 Å². The number of amides is 1. The van der Waals surface area contributed by atoms with E-state index in [2.05, 4.69) is 16.8 Å². The second-order valence-corrected chi connectivity index (χ2v) is 9.49. The molecule has 9 heteroatoms. The molecular formula is C21H27N5O2S2. The van der Waals surface area contributed by atoms with Crippen LogP contribution in [-0.2, 0) is 11.8 Å². The summed E-state index contributed by atoms with van der Waals surface area (Å²) in [7, 11) is 3.76. The number of piperazine rings is 1. The third-order valence-corrected chi connectivity index (χ3v) is 7.23. The molecule has 2 saturated heterocycles. The molecule has 2 aliphatic heterocycles. The van der Waals surface area contributed by atoms with Crippen molar-refractivity contribution in [1.29, 1.82) is 5.26 Å². The van der Waals surface area contributed by atoms with E-state index in [0.29, 0.717) is 14.8 Å². The highest BCUT2D eigenvalue weighted by atomic mass is 32.2. The van der Waals surface area contributed by atoms with Crippen LogP contribution in [0.2, 0.25) is 0 Å². The van der Waals surface area contributed by atoms with Crippen molar-refractivity contribution in [3.8, 4) is 6.07 Å². The predicted molar refractivity (Wildman–Crippen MR) is 126 cm³/mol. The van der Waals surface area contributed by atoms with Crippen LogP contribution in [0.15, 0.2) is 9.70 Å². The van der Waals surface area contributed by atoms with Crippen LogP contribution in [0, 0.1) is 18.3 Å². The van der Waals surface area contributed by atoms with Crippen molar-refractivity contribution in [3.05, 3.63) is 31.9 Å². The van der Waals surface area contributed by atoms with Crippen LogP contribution in [0.4, 0.5) is 5.82 Å². The monoisotopic (exact) mass is 445 g/mol. The first-order valence-electron chi connectivity index (χ1n) is 10.0. The summed E-state index contributed by atoms with van der Waals surface area (Å²) in [5.74, 6) is 0.633. The molecule has 0 radical (unpaired) electrons. The Bertz CT molecular complexity index is 1020. The van der Waals surface area contributed by atoms with Gasteiger partial charge in [-0.05, 0) is 39.0 Å². The van der Waals surface area contributed by atoms with Crippen LogP contribution in [0.3, 0.4) is 0 Å². The summed E-state index contributed by atoms with van der Waals surface area (Å²) in [6, 6.07) is 2.07. The van der Waals surface area contributed by atoms with Crippen molar-refractivity contribution < 1.29 is 4.79 Å². The SMILES string of the molecule is CC[C@@H](C)N1C(=O)/C(=C/c2c(C)c(C#N)c(=O)n(C)c2N2CCN(C)CC2)SC1=S. The van der Waals surface area contributed by atoms with E-state index in [9.17, 15) is 14.9 Å². The fourth-order valence-electron chi connectivity index (χ4n) is 3.79. The van der Waals surface area contributed by atoms with E-state index in [1.807, 2.05) is 26.0 Å². The van der Waals surface area contributed by atoms with Gasteiger partial charge in [0.15, 0.2) is 0 Å². The molecule has 0 aliphatic carbocycles. The molecule has 0 unspecified atom stereocenters. The number of likely N-dealkylation sites (N-methyl/N-ethyl adjacent to an activating group) is 1. The van der Waals surface area contributed by atoms with Crippen molar-refractivity contribution in [2.24, 2.45) is 7.05 Å². The molecule has 1 amide bonds. The highest BCUT2D eigenvalue weighted by Crippen LogP contribution is 2.37. The molecule has 0 saturated carbocycles. The number of hydrogen-bond acceptors (Lipinski definition) is 7. The maximum atomic E-state index is 13.1. The first-order chi connectivity index (χ1) is 14.2. The first kappa shape index (κ1) is 22.5. The summed E-state index contributed by atoms with van der Waals surface area (Å²) >= 11 is 6.74. The Morgan fingerprint density at radius 1 is 1.23 bits per heavy atom. The van der Waals surface area contributed by atoms with Crippen molar-refractivity contribution in [2.45, 2.75) is 33.2 Å². The molecule has 1 atom stereocenters. The number of thiocarbonyl (C=S) groups is 1. The minimum Gasteiger partial charge on any atom is -0.355 e. The lowest BCUT2D eigenvalue weighted by Crippen LogP contribution is -2.46. The zero-order valence-electron chi connectivity index (χ0n) is 18.1. The Morgan fingerprint density at radius 2 is 1.87 bits per heavy atom. The van der Waals surface area contributed by atoms with Crippen LogP contribution in [0.1, 0.15) is 37.0 Å². The van der Waals surface area contributed by atoms with Crippen molar-refractivity contribution in [2.75, 3.05) is 38.1 Å². The van der Waals surface area contributed by atoms with E-state index in [1.165, 1.54) is 16.3 Å². The highest BCUT2D eigenvalue weighted by molar-refractivity contribution is 8.26. The van der Waals surface area contributed by atoms with E-state index in [0.717, 1.165) is 44.0 Å². The van der Waals surface area contributed by atoms with Crippen LogP contribution >= 0.6 is 24.0 Å². The lowest BCUT2D eigenvalue weighted by Gasteiger charge is -2.36. The third-order valence-electron chi connectivity index (χ3n) is 5.90. The molecule has 7 nitrogen and oxygen atoms in total. The fraction of sp³-hybridized carbons (Fsp3) is 0.524. The quantitative estimate of drug-likeness (QED) is 0.520. The Morgan fingerprint density at radius 3 is 2.43 bits per heavy atom. The molecule has 1 aromatic heterocycles. The number of aromatic nitrogens is 1. The summed E-state index contributed by atoms with van der Waals surface area (Å²) in [4.78, 5) is 32.5. The number of nitriles is 1. The molecule has 1 aromatic rings. The van der Waals surface area contributed by atoms with Crippen LogP contribution in [0.25, 0.3) is 6.08 Å². The van der Waals surface area contributed by atoms with Gasteiger partial charge < -0.3 is 9.80 Å². The van der Waals surface area contributed by atoms with Gasteiger partial charge in [-0.25, -0.2) is 0 Å². The highest BCUT2D eigenvalue weighted by Gasteiger charge is 2.35. The molecule has 2 aliphatic rings. The largest absolute Gasteiger partial charge is 0.355 e. The van der Waals surface area contributed by atoms with E-state index in [4.69, 9.17) is 12.2 Å². The number of anilines is 1. The average molecular weight is 446 g/mol. The standard InChI is InChI=1S/C21H27N5O2S2/c1-6-13(2)26-20(28)17(30-21(26)29)11-15-14(3)16(12-22)19(27)24(5)18(15)25-9-7-23(4)8-10-25/h11,13H,6-10H2,1-5H3/b17-11-/t13-/m1/s1. The second kappa shape index (κ2) is 8.92. The van der Waals surface area contributed by atoms with Crippen LogP contribution in [-0.4, -0.2) is 63.9 Å². The summed E-state index contributed by atoms with van der Waals surface area (Å²) in [5.41, 5.74) is 1.14. The fourth-order valence-corrected chi connectivity index (χ4v) is 5.23. The van der Waals surface area contributed by atoms with Crippen molar-refractivity contribution in [3.63, 3.8) is 0 Å². The van der Waals surface area contributed by atoms with Crippen molar-refractivity contribution in [1.82, 2.24) is 14.4 Å². The Hall–Kier alpha value is -2.15. The second-order valence-electron chi connectivity index (χ2n) is 7.81. The summed E-state index contributed by atoms with van der Waals surface area (Å²) in [6.45, 7) is 9.07. The number of pyridine rings is 1. The van der Waals surface area contributed by atoms with E-state index >= 15 is 0 Å². The van der Waals surface area contributed by atoms with Gasteiger partial charge in [0.05, 0.1) is 4.91 Å². The van der Waals surface area contributed by atoms with E-state index in [1.54, 1.807) is 18.9 Å². The van der Waals surface area contributed by atoms with Gasteiger partial charge in [-0.15, -0.1) is 0 Å².